The number of unbranched alkanes of at least 4 members (excludes halogenated alkanes) is 1. The number of hydrogen-bond acceptors (Lipinski definition) is 3. The molecule has 1 N–H and O–H groups in total. The summed E-state index contributed by atoms with van der Waals surface area (Å²) in [5, 5.41) is 8.79. The van der Waals surface area contributed by atoms with Crippen LogP contribution in [-0.4, -0.2) is 36.2 Å². The van der Waals surface area contributed by atoms with Crippen LogP contribution in [0.25, 0.3) is 0 Å². The van der Waals surface area contributed by atoms with Gasteiger partial charge in [0, 0.05) is 19.6 Å². The van der Waals surface area contributed by atoms with Gasteiger partial charge in [-0.15, -0.1) is 0 Å². The summed E-state index contributed by atoms with van der Waals surface area (Å²) in [6.07, 6.45) is 4.05. The van der Waals surface area contributed by atoms with Gasteiger partial charge < -0.3 is 14.7 Å². The first-order chi connectivity index (χ1) is 9.76. The maximum atomic E-state index is 12.3. The minimum atomic E-state index is 0.159. The van der Waals surface area contributed by atoms with Crippen molar-refractivity contribution in [3.05, 3.63) is 29.8 Å². The van der Waals surface area contributed by atoms with Crippen LogP contribution < -0.4 is 4.74 Å². The van der Waals surface area contributed by atoms with Crippen molar-refractivity contribution >= 4 is 5.91 Å². The van der Waals surface area contributed by atoms with Gasteiger partial charge in [0.1, 0.15) is 5.75 Å². The van der Waals surface area contributed by atoms with Gasteiger partial charge in [0.15, 0.2) is 0 Å². The number of hydrogen-bond donors (Lipinski definition) is 1. The summed E-state index contributed by atoms with van der Waals surface area (Å²) in [6, 6.07) is 8.15. The highest BCUT2D eigenvalue weighted by Gasteiger charge is 2.29. The van der Waals surface area contributed by atoms with Gasteiger partial charge in [-0.3, -0.25) is 4.79 Å². The molecule has 0 saturated carbocycles. The fourth-order valence-corrected chi connectivity index (χ4v) is 2.79. The lowest BCUT2D eigenvalue weighted by Crippen LogP contribution is -2.30. The molecule has 1 atom stereocenters. The smallest absolute Gasteiger partial charge is 0.223 e. The van der Waals surface area contributed by atoms with Crippen LogP contribution in [0.1, 0.15) is 43.7 Å². The van der Waals surface area contributed by atoms with E-state index in [4.69, 9.17) is 9.84 Å². The van der Waals surface area contributed by atoms with E-state index in [1.165, 1.54) is 0 Å². The van der Waals surface area contributed by atoms with Crippen LogP contribution in [0, 0.1) is 0 Å². The van der Waals surface area contributed by atoms with E-state index in [-0.39, 0.29) is 18.6 Å². The molecule has 1 aliphatic rings. The van der Waals surface area contributed by atoms with Crippen molar-refractivity contribution < 1.29 is 14.6 Å². The number of aliphatic hydroxyl groups excluding tert-OH is 1. The van der Waals surface area contributed by atoms with Crippen molar-refractivity contribution in [1.29, 1.82) is 0 Å². The SMILES string of the molecule is COc1cccc(C2CCCN2C(=O)CCCCO)c1. The second-order valence-electron chi connectivity index (χ2n) is 5.20. The highest BCUT2D eigenvalue weighted by molar-refractivity contribution is 5.77. The summed E-state index contributed by atoms with van der Waals surface area (Å²) in [5.41, 5.74) is 1.15. The Morgan fingerprint density at radius 1 is 1.45 bits per heavy atom. The molecule has 0 radical (unpaired) electrons. The Morgan fingerprint density at radius 3 is 3.05 bits per heavy atom. The van der Waals surface area contributed by atoms with Gasteiger partial charge in [-0.05, 0) is 43.4 Å². The van der Waals surface area contributed by atoms with Crippen molar-refractivity contribution in [3.63, 3.8) is 0 Å². The molecule has 1 amide bonds. The lowest BCUT2D eigenvalue weighted by atomic mass is 10.0. The number of nitrogens with zero attached hydrogens (tertiary/aromatic N) is 1. The molecule has 1 unspecified atom stereocenters. The molecule has 110 valence electrons. The third-order valence-electron chi connectivity index (χ3n) is 3.85. The van der Waals surface area contributed by atoms with Crippen molar-refractivity contribution in [3.8, 4) is 5.75 Å². The highest BCUT2D eigenvalue weighted by atomic mass is 16.5. The first kappa shape index (κ1) is 14.9. The van der Waals surface area contributed by atoms with Crippen LogP contribution in [0.3, 0.4) is 0 Å². The van der Waals surface area contributed by atoms with E-state index in [9.17, 15) is 4.79 Å². The number of carbonyl (C=O) groups excluding carboxylic acids is 1. The van der Waals surface area contributed by atoms with Crippen LogP contribution in [0.15, 0.2) is 24.3 Å². The van der Waals surface area contributed by atoms with Gasteiger partial charge >= 0.3 is 0 Å². The van der Waals surface area contributed by atoms with E-state index in [0.29, 0.717) is 12.8 Å². The molecule has 0 bridgehead atoms. The molecular weight excluding hydrogens is 254 g/mol. The van der Waals surface area contributed by atoms with E-state index < -0.39 is 0 Å². The minimum absolute atomic E-state index is 0.159. The highest BCUT2D eigenvalue weighted by Crippen LogP contribution is 2.33. The maximum Gasteiger partial charge on any atom is 0.223 e. The number of carbonyl (C=O) groups is 1. The average molecular weight is 277 g/mol. The van der Waals surface area contributed by atoms with Crippen LogP contribution in [0.5, 0.6) is 5.75 Å². The van der Waals surface area contributed by atoms with Crippen LogP contribution in [0.2, 0.25) is 0 Å². The molecule has 1 aromatic carbocycles. The predicted octanol–water partition coefficient (Wildman–Crippen LogP) is 2.52. The number of ether oxygens (including phenoxy) is 1. The van der Waals surface area contributed by atoms with Crippen LogP contribution >= 0.6 is 0 Å². The van der Waals surface area contributed by atoms with Gasteiger partial charge in [0.2, 0.25) is 5.91 Å². The second-order valence-corrected chi connectivity index (χ2v) is 5.20. The molecular formula is C16H23NO3. The van der Waals surface area contributed by atoms with E-state index in [1.54, 1.807) is 7.11 Å². The first-order valence-corrected chi connectivity index (χ1v) is 7.30. The molecule has 1 aromatic rings. The molecule has 20 heavy (non-hydrogen) atoms. The number of rotatable bonds is 6. The summed E-state index contributed by atoms with van der Waals surface area (Å²) in [7, 11) is 1.66. The van der Waals surface area contributed by atoms with E-state index in [1.807, 2.05) is 23.1 Å². The van der Waals surface area contributed by atoms with Crippen LogP contribution in [0.4, 0.5) is 0 Å². The zero-order valence-electron chi connectivity index (χ0n) is 12.0. The van der Waals surface area contributed by atoms with Crippen molar-refractivity contribution in [2.45, 2.75) is 38.1 Å². The molecule has 1 fully saturated rings. The Balaban J connectivity index is 2.04. The molecule has 4 heteroatoms. The number of amides is 1. The maximum absolute atomic E-state index is 12.3. The zero-order chi connectivity index (χ0) is 14.4. The molecule has 2 rings (SSSR count). The van der Waals surface area contributed by atoms with Gasteiger partial charge in [-0.1, -0.05) is 12.1 Å². The van der Waals surface area contributed by atoms with Gasteiger partial charge in [-0.2, -0.15) is 0 Å². The summed E-state index contributed by atoms with van der Waals surface area (Å²) in [4.78, 5) is 14.2. The molecule has 0 spiro atoms. The number of benzene rings is 1. The quantitative estimate of drug-likeness (QED) is 0.813. The largest absolute Gasteiger partial charge is 0.497 e. The Kier molecular flexibility index (Phi) is 5.41. The number of methoxy groups -OCH3 is 1. The second kappa shape index (κ2) is 7.29. The lowest BCUT2D eigenvalue weighted by molar-refractivity contribution is -0.132. The predicted molar refractivity (Wildman–Crippen MR) is 77.6 cm³/mol. The van der Waals surface area contributed by atoms with E-state index >= 15 is 0 Å². The van der Waals surface area contributed by atoms with Gasteiger partial charge in [0.05, 0.1) is 13.2 Å². The minimum Gasteiger partial charge on any atom is -0.497 e. The van der Waals surface area contributed by atoms with Gasteiger partial charge in [0.25, 0.3) is 0 Å². The summed E-state index contributed by atoms with van der Waals surface area (Å²) in [6.45, 7) is 0.992. The fraction of sp³-hybridized carbons (Fsp3) is 0.562. The third-order valence-corrected chi connectivity index (χ3v) is 3.85. The summed E-state index contributed by atoms with van der Waals surface area (Å²) in [5.74, 6) is 1.03. The molecule has 0 aliphatic carbocycles. The van der Waals surface area contributed by atoms with E-state index in [0.717, 1.165) is 37.1 Å². The Bertz CT molecular complexity index is 447. The first-order valence-electron chi connectivity index (χ1n) is 7.30. The summed E-state index contributed by atoms with van der Waals surface area (Å²) >= 11 is 0. The monoisotopic (exact) mass is 277 g/mol. The zero-order valence-corrected chi connectivity index (χ0v) is 12.0. The average Bonchev–Trinajstić information content (AvgIpc) is 2.97. The molecule has 1 aliphatic heterocycles. The Morgan fingerprint density at radius 2 is 2.30 bits per heavy atom. The summed E-state index contributed by atoms with van der Waals surface area (Å²) < 4.78 is 5.26. The normalized spacial score (nSPS) is 18.3. The Labute approximate surface area is 120 Å². The topological polar surface area (TPSA) is 49.8 Å². The van der Waals surface area contributed by atoms with Crippen molar-refractivity contribution in [2.75, 3.05) is 20.3 Å². The lowest BCUT2D eigenvalue weighted by Gasteiger charge is -2.25. The molecule has 1 saturated heterocycles. The number of aliphatic hydroxyl groups is 1. The molecule has 4 nitrogen and oxygen atoms in total. The molecule has 0 aromatic heterocycles. The van der Waals surface area contributed by atoms with Crippen LogP contribution in [-0.2, 0) is 4.79 Å². The standard InChI is InChI=1S/C16H23NO3/c1-20-14-7-4-6-13(12-14)15-8-5-10-17(15)16(19)9-2-3-11-18/h4,6-7,12,15,18H,2-3,5,8-11H2,1H3. The molecule has 1 heterocycles. The van der Waals surface area contributed by atoms with Crippen molar-refractivity contribution in [2.24, 2.45) is 0 Å². The fourth-order valence-electron chi connectivity index (χ4n) is 2.79. The number of likely N-dealkylation sites (tertiary alicyclic amines) is 1. The van der Waals surface area contributed by atoms with Crippen molar-refractivity contribution in [1.82, 2.24) is 4.90 Å². The third kappa shape index (κ3) is 3.51. The van der Waals surface area contributed by atoms with E-state index in [2.05, 4.69) is 6.07 Å². The Hall–Kier alpha value is -1.55. The van der Waals surface area contributed by atoms with Gasteiger partial charge in [-0.25, -0.2) is 0 Å².